The van der Waals surface area contributed by atoms with Gasteiger partial charge in [-0.2, -0.15) is 0 Å². The first-order valence-electron chi connectivity index (χ1n) is 5.97. The second kappa shape index (κ2) is 5.36. The van der Waals surface area contributed by atoms with Gasteiger partial charge < -0.3 is 15.2 Å². The first-order valence-corrected chi connectivity index (χ1v) is 5.97. The van der Waals surface area contributed by atoms with Crippen LogP contribution in [0.5, 0.6) is 11.5 Å². The molecular formula is C13H18FNO2. The van der Waals surface area contributed by atoms with Crippen LogP contribution in [0.15, 0.2) is 12.1 Å². The summed E-state index contributed by atoms with van der Waals surface area (Å²) in [4.78, 5) is 0. The summed E-state index contributed by atoms with van der Waals surface area (Å²) in [5.41, 5.74) is 0.647. The SMILES string of the molecule is COc1cc(F)cc(CC2CCNCC2)c1O. The zero-order valence-corrected chi connectivity index (χ0v) is 10.0. The van der Waals surface area contributed by atoms with Gasteiger partial charge in [-0.25, -0.2) is 4.39 Å². The lowest BCUT2D eigenvalue weighted by Gasteiger charge is -2.23. The summed E-state index contributed by atoms with van der Waals surface area (Å²) in [6.07, 6.45) is 2.85. The molecule has 4 heteroatoms. The molecule has 0 aliphatic carbocycles. The van der Waals surface area contributed by atoms with Crippen LogP contribution in [-0.4, -0.2) is 25.3 Å². The average Bonchev–Trinajstić information content (AvgIpc) is 2.34. The van der Waals surface area contributed by atoms with Crippen molar-refractivity contribution < 1.29 is 14.2 Å². The molecule has 1 aromatic rings. The lowest BCUT2D eigenvalue weighted by molar-refractivity contribution is 0.349. The van der Waals surface area contributed by atoms with Gasteiger partial charge in [0.15, 0.2) is 11.5 Å². The van der Waals surface area contributed by atoms with Crippen molar-refractivity contribution in [2.75, 3.05) is 20.2 Å². The third-order valence-corrected chi connectivity index (χ3v) is 3.31. The van der Waals surface area contributed by atoms with E-state index in [9.17, 15) is 9.50 Å². The quantitative estimate of drug-likeness (QED) is 0.848. The normalized spacial score (nSPS) is 17.1. The van der Waals surface area contributed by atoms with E-state index in [1.165, 1.54) is 19.2 Å². The number of hydrogen-bond acceptors (Lipinski definition) is 3. The van der Waals surface area contributed by atoms with Crippen LogP contribution in [0.3, 0.4) is 0 Å². The van der Waals surface area contributed by atoms with Crippen molar-refractivity contribution in [2.45, 2.75) is 19.3 Å². The molecule has 0 radical (unpaired) electrons. The molecular weight excluding hydrogens is 221 g/mol. The molecule has 17 heavy (non-hydrogen) atoms. The van der Waals surface area contributed by atoms with E-state index < -0.39 is 0 Å². The lowest BCUT2D eigenvalue weighted by Crippen LogP contribution is -2.28. The average molecular weight is 239 g/mol. The number of halogens is 1. The van der Waals surface area contributed by atoms with Crippen LogP contribution < -0.4 is 10.1 Å². The van der Waals surface area contributed by atoms with E-state index in [0.29, 0.717) is 17.9 Å². The largest absolute Gasteiger partial charge is 0.504 e. The van der Waals surface area contributed by atoms with Crippen LogP contribution in [0.25, 0.3) is 0 Å². The lowest BCUT2D eigenvalue weighted by atomic mass is 9.90. The van der Waals surface area contributed by atoms with Crippen molar-refractivity contribution in [1.29, 1.82) is 0 Å². The maximum absolute atomic E-state index is 13.3. The molecule has 3 nitrogen and oxygen atoms in total. The minimum atomic E-state index is -0.358. The molecule has 0 amide bonds. The molecule has 94 valence electrons. The Kier molecular flexibility index (Phi) is 3.84. The Hall–Kier alpha value is -1.29. The van der Waals surface area contributed by atoms with E-state index in [1.54, 1.807) is 0 Å². The fourth-order valence-corrected chi connectivity index (χ4v) is 2.34. The number of hydrogen-bond donors (Lipinski definition) is 2. The Bertz CT molecular complexity index is 389. The molecule has 0 unspecified atom stereocenters. The molecule has 1 heterocycles. The number of methoxy groups -OCH3 is 1. The van der Waals surface area contributed by atoms with Gasteiger partial charge >= 0.3 is 0 Å². The zero-order valence-electron chi connectivity index (χ0n) is 10.0. The molecule has 1 aliphatic heterocycles. The van der Waals surface area contributed by atoms with Gasteiger partial charge in [0.2, 0.25) is 0 Å². The molecule has 1 aromatic carbocycles. The number of rotatable bonds is 3. The number of phenolic OH excluding ortho intramolecular Hbond substituents is 1. The van der Waals surface area contributed by atoms with E-state index in [4.69, 9.17) is 4.74 Å². The predicted octanol–water partition coefficient (Wildman–Crippen LogP) is 2.08. The molecule has 1 aliphatic rings. The second-order valence-electron chi connectivity index (χ2n) is 4.51. The third kappa shape index (κ3) is 2.88. The highest BCUT2D eigenvalue weighted by Crippen LogP contribution is 2.33. The number of benzene rings is 1. The number of aromatic hydroxyl groups is 1. The van der Waals surface area contributed by atoms with Crippen LogP contribution in [0, 0.1) is 11.7 Å². The Morgan fingerprint density at radius 1 is 1.41 bits per heavy atom. The van der Waals surface area contributed by atoms with Gasteiger partial charge in [-0.3, -0.25) is 0 Å². The van der Waals surface area contributed by atoms with Gasteiger partial charge in [-0.15, -0.1) is 0 Å². The molecule has 1 saturated heterocycles. The maximum atomic E-state index is 13.3. The highest BCUT2D eigenvalue weighted by Gasteiger charge is 2.18. The Balaban J connectivity index is 2.16. The van der Waals surface area contributed by atoms with Gasteiger partial charge in [-0.1, -0.05) is 0 Å². The highest BCUT2D eigenvalue weighted by molar-refractivity contribution is 5.46. The number of nitrogens with one attached hydrogen (secondary N) is 1. The Morgan fingerprint density at radius 2 is 2.12 bits per heavy atom. The van der Waals surface area contributed by atoms with Crippen molar-refractivity contribution in [3.8, 4) is 11.5 Å². The van der Waals surface area contributed by atoms with Gasteiger partial charge in [-0.05, 0) is 44.3 Å². The molecule has 0 atom stereocenters. The summed E-state index contributed by atoms with van der Waals surface area (Å²) >= 11 is 0. The van der Waals surface area contributed by atoms with Crippen LogP contribution in [0.4, 0.5) is 4.39 Å². The molecule has 0 spiro atoms. The smallest absolute Gasteiger partial charge is 0.163 e. The fraction of sp³-hybridized carbons (Fsp3) is 0.538. The number of phenols is 1. The minimum Gasteiger partial charge on any atom is -0.504 e. The van der Waals surface area contributed by atoms with E-state index in [0.717, 1.165) is 25.9 Å². The first kappa shape index (κ1) is 12.2. The van der Waals surface area contributed by atoms with E-state index in [-0.39, 0.29) is 17.3 Å². The molecule has 1 fully saturated rings. The van der Waals surface area contributed by atoms with Crippen LogP contribution in [0.2, 0.25) is 0 Å². The van der Waals surface area contributed by atoms with Crippen LogP contribution >= 0.6 is 0 Å². The van der Waals surface area contributed by atoms with Gasteiger partial charge in [0.1, 0.15) is 5.82 Å². The molecule has 0 saturated carbocycles. The van der Waals surface area contributed by atoms with Crippen molar-refractivity contribution >= 4 is 0 Å². The number of piperidine rings is 1. The maximum Gasteiger partial charge on any atom is 0.163 e. The van der Waals surface area contributed by atoms with Crippen molar-refractivity contribution in [1.82, 2.24) is 5.32 Å². The van der Waals surface area contributed by atoms with E-state index in [1.807, 2.05) is 0 Å². The van der Waals surface area contributed by atoms with Crippen LogP contribution in [0.1, 0.15) is 18.4 Å². The summed E-state index contributed by atoms with van der Waals surface area (Å²) in [5.74, 6) is 0.443. The van der Waals surface area contributed by atoms with Gasteiger partial charge in [0.25, 0.3) is 0 Å². The summed E-state index contributed by atoms with van der Waals surface area (Å²) in [5, 5.41) is 13.2. The highest BCUT2D eigenvalue weighted by atomic mass is 19.1. The monoisotopic (exact) mass is 239 g/mol. The van der Waals surface area contributed by atoms with Gasteiger partial charge in [0, 0.05) is 11.6 Å². The molecule has 2 N–H and O–H groups in total. The summed E-state index contributed by atoms with van der Waals surface area (Å²) in [6.45, 7) is 2.00. The van der Waals surface area contributed by atoms with Crippen molar-refractivity contribution in [2.24, 2.45) is 5.92 Å². The second-order valence-corrected chi connectivity index (χ2v) is 4.51. The summed E-state index contributed by atoms with van der Waals surface area (Å²) in [6, 6.07) is 2.61. The topological polar surface area (TPSA) is 41.5 Å². The van der Waals surface area contributed by atoms with Crippen LogP contribution in [-0.2, 0) is 6.42 Å². The van der Waals surface area contributed by atoms with E-state index >= 15 is 0 Å². The van der Waals surface area contributed by atoms with Crippen molar-refractivity contribution in [3.63, 3.8) is 0 Å². The number of ether oxygens (including phenoxy) is 1. The van der Waals surface area contributed by atoms with E-state index in [2.05, 4.69) is 5.32 Å². The van der Waals surface area contributed by atoms with Crippen molar-refractivity contribution in [3.05, 3.63) is 23.5 Å². The molecule has 0 aromatic heterocycles. The molecule has 0 bridgehead atoms. The summed E-state index contributed by atoms with van der Waals surface area (Å²) in [7, 11) is 1.43. The Morgan fingerprint density at radius 3 is 2.76 bits per heavy atom. The standard InChI is InChI=1S/C13H18FNO2/c1-17-12-8-11(14)7-10(13(12)16)6-9-2-4-15-5-3-9/h7-9,15-16H,2-6H2,1H3. The Labute approximate surface area is 101 Å². The third-order valence-electron chi connectivity index (χ3n) is 3.31. The molecule has 2 rings (SSSR count). The fourth-order valence-electron chi connectivity index (χ4n) is 2.34. The zero-order chi connectivity index (χ0) is 12.3. The predicted molar refractivity (Wildman–Crippen MR) is 63.9 cm³/mol. The minimum absolute atomic E-state index is 0.0763. The summed E-state index contributed by atoms with van der Waals surface area (Å²) < 4.78 is 18.3. The van der Waals surface area contributed by atoms with Gasteiger partial charge in [0.05, 0.1) is 7.11 Å². The first-order chi connectivity index (χ1) is 8.20.